The van der Waals surface area contributed by atoms with Crippen LogP contribution >= 0.6 is 0 Å². The Morgan fingerprint density at radius 3 is 1.40 bits per heavy atom. The molecule has 0 radical (unpaired) electrons. The number of furan rings is 1. The number of nitrogens with zero attached hydrogens (tertiary/aromatic N) is 1. The van der Waals surface area contributed by atoms with Crippen LogP contribution in [0.3, 0.4) is 0 Å². The molecule has 268 valence electrons. The molecule has 2 nitrogen and oxygen atoms in total. The molecule has 2 heterocycles. The van der Waals surface area contributed by atoms with E-state index >= 15 is 0 Å². The predicted molar refractivity (Wildman–Crippen MR) is 243 cm³/mol. The van der Waals surface area contributed by atoms with Gasteiger partial charge in [-0.25, -0.2) is 0 Å². The molecular weight excluding hydrogens is 707 g/mol. The van der Waals surface area contributed by atoms with E-state index in [0.29, 0.717) is 0 Å². The Kier molecular flexibility index (Phi) is 7.87. The highest BCUT2D eigenvalue weighted by Gasteiger charge is 2.43. The first-order valence-corrected chi connectivity index (χ1v) is 21.6. The molecule has 0 fully saturated rings. The van der Waals surface area contributed by atoms with Crippen molar-refractivity contribution in [3.63, 3.8) is 0 Å². The first-order chi connectivity index (χ1) is 28.3. The van der Waals surface area contributed by atoms with Crippen LogP contribution in [-0.2, 0) is 0 Å². The van der Waals surface area contributed by atoms with E-state index in [4.69, 9.17) is 4.42 Å². The summed E-state index contributed by atoms with van der Waals surface area (Å²) in [6, 6.07) is 81.7. The Morgan fingerprint density at radius 1 is 0.333 bits per heavy atom. The fraction of sp³-hybridized carbons (Fsp3) is 0. The highest BCUT2D eigenvalue weighted by atomic mass is 28.3. The fourth-order valence-corrected chi connectivity index (χ4v) is 14.1. The van der Waals surface area contributed by atoms with E-state index in [1.165, 1.54) is 48.1 Å². The fourth-order valence-electron chi connectivity index (χ4n) is 9.27. The van der Waals surface area contributed by atoms with E-state index in [9.17, 15) is 0 Å². The van der Waals surface area contributed by atoms with Gasteiger partial charge in [-0.05, 0) is 67.8 Å². The minimum absolute atomic E-state index is 0.910. The third-order valence-corrected chi connectivity index (χ3v) is 16.5. The van der Waals surface area contributed by atoms with Gasteiger partial charge in [0.2, 0.25) is 0 Å². The number of aromatic nitrogens is 1. The van der Waals surface area contributed by atoms with Gasteiger partial charge in [0.15, 0.2) is 8.07 Å². The molecule has 9 aromatic carbocycles. The molecule has 0 atom stereocenters. The molecule has 3 heteroatoms. The normalized spacial score (nSPS) is 11.9. The molecule has 0 spiro atoms. The standard InChI is InChI=1S/C54H37NOSi/c1-4-22-42(23-5-1)57(43-24-6-2-7-25-43,44-26-8-3-9-27-44)52-35-17-32-49-48-31-16-30-45(53(48)56-54(49)52)40-20-14-18-38(36-40)39-19-15-21-41(37-39)55-50-33-12-10-28-46(50)47-29-11-13-34-51(47)55/h1-37H. The van der Waals surface area contributed by atoms with Gasteiger partial charge in [0, 0.05) is 32.8 Å². The summed E-state index contributed by atoms with van der Waals surface area (Å²) in [4.78, 5) is 0. The highest BCUT2D eigenvalue weighted by molar-refractivity contribution is 7.20. The average Bonchev–Trinajstić information content (AvgIpc) is 3.85. The SMILES string of the molecule is c1ccc([Si](c2ccccc2)(c2ccccc2)c2cccc3c2oc2c(-c4cccc(-c5cccc(-n6c7ccccc7c7ccccc76)c5)c4)cccc23)cc1. The molecule has 0 amide bonds. The van der Waals surface area contributed by atoms with Gasteiger partial charge in [-0.1, -0.05) is 194 Å². The molecule has 0 aliphatic carbocycles. The molecule has 0 saturated carbocycles. The van der Waals surface area contributed by atoms with Crippen molar-refractivity contribution in [2.45, 2.75) is 0 Å². The number of hydrogen-bond donors (Lipinski definition) is 0. The Hall–Kier alpha value is -7.20. The smallest absolute Gasteiger partial charge is 0.184 e. The summed E-state index contributed by atoms with van der Waals surface area (Å²) in [7, 11) is -2.84. The zero-order chi connectivity index (χ0) is 37.8. The Bertz CT molecular complexity index is 3080. The maximum Gasteiger partial charge on any atom is 0.184 e. The van der Waals surface area contributed by atoms with Crippen molar-refractivity contribution >= 4 is 72.6 Å². The van der Waals surface area contributed by atoms with E-state index in [0.717, 1.165) is 44.3 Å². The summed E-state index contributed by atoms with van der Waals surface area (Å²) in [5.41, 5.74) is 9.96. The number of para-hydroxylation sites is 4. The maximum atomic E-state index is 7.27. The molecular formula is C54H37NOSi. The predicted octanol–water partition coefficient (Wildman–Crippen LogP) is 11.4. The summed E-state index contributed by atoms with van der Waals surface area (Å²) in [6.07, 6.45) is 0. The van der Waals surface area contributed by atoms with Gasteiger partial charge < -0.3 is 8.98 Å². The highest BCUT2D eigenvalue weighted by Crippen LogP contribution is 2.38. The van der Waals surface area contributed by atoms with Gasteiger partial charge in [-0.15, -0.1) is 0 Å². The third kappa shape index (κ3) is 5.24. The molecule has 0 unspecified atom stereocenters. The van der Waals surface area contributed by atoms with Crippen LogP contribution in [0.4, 0.5) is 0 Å². The number of rotatable bonds is 7. The van der Waals surface area contributed by atoms with E-state index in [1.807, 2.05) is 0 Å². The van der Waals surface area contributed by atoms with Crippen molar-refractivity contribution in [2.75, 3.05) is 0 Å². The summed E-state index contributed by atoms with van der Waals surface area (Å²) >= 11 is 0. The molecule has 2 aromatic heterocycles. The lowest BCUT2D eigenvalue weighted by molar-refractivity contribution is 0.672. The van der Waals surface area contributed by atoms with Crippen LogP contribution < -0.4 is 20.7 Å². The van der Waals surface area contributed by atoms with Crippen LogP contribution in [0.25, 0.3) is 71.7 Å². The van der Waals surface area contributed by atoms with E-state index in [-0.39, 0.29) is 0 Å². The first kappa shape index (κ1) is 33.2. The van der Waals surface area contributed by atoms with Gasteiger partial charge in [0.25, 0.3) is 0 Å². The summed E-state index contributed by atoms with van der Waals surface area (Å²) in [5, 5.41) is 10.0. The van der Waals surface area contributed by atoms with Crippen LogP contribution in [0.2, 0.25) is 0 Å². The van der Waals surface area contributed by atoms with Crippen molar-refractivity contribution in [2.24, 2.45) is 0 Å². The third-order valence-electron chi connectivity index (χ3n) is 11.7. The second-order valence-electron chi connectivity index (χ2n) is 14.8. The Labute approximate surface area is 332 Å². The van der Waals surface area contributed by atoms with Crippen LogP contribution in [0.5, 0.6) is 0 Å². The summed E-state index contributed by atoms with van der Waals surface area (Å²) in [6.45, 7) is 0. The molecule has 11 aromatic rings. The molecule has 0 bridgehead atoms. The van der Waals surface area contributed by atoms with Gasteiger partial charge in [0.1, 0.15) is 11.2 Å². The first-order valence-electron chi connectivity index (χ1n) is 19.6. The van der Waals surface area contributed by atoms with Crippen molar-refractivity contribution in [3.8, 4) is 27.9 Å². The van der Waals surface area contributed by atoms with Gasteiger partial charge in [-0.3, -0.25) is 0 Å². The molecule has 57 heavy (non-hydrogen) atoms. The number of benzene rings is 9. The minimum Gasteiger partial charge on any atom is -0.455 e. The molecule has 0 N–H and O–H groups in total. The molecule has 0 saturated heterocycles. The average molecular weight is 744 g/mol. The van der Waals surface area contributed by atoms with E-state index in [1.54, 1.807) is 0 Å². The van der Waals surface area contributed by atoms with Crippen molar-refractivity contribution in [1.29, 1.82) is 0 Å². The monoisotopic (exact) mass is 743 g/mol. The topological polar surface area (TPSA) is 18.1 Å². The lowest BCUT2D eigenvalue weighted by Crippen LogP contribution is -2.74. The van der Waals surface area contributed by atoms with Crippen molar-refractivity contribution in [3.05, 3.63) is 224 Å². The summed E-state index contributed by atoms with van der Waals surface area (Å²) < 4.78 is 9.65. The number of hydrogen-bond acceptors (Lipinski definition) is 1. The van der Waals surface area contributed by atoms with Crippen LogP contribution in [0, 0.1) is 0 Å². The second-order valence-corrected chi connectivity index (χ2v) is 18.6. The molecule has 0 aliphatic rings. The molecule has 11 rings (SSSR count). The van der Waals surface area contributed by atoms with Gasteiger partial charge in [0.05, 0.1) is 11.0 Å². The quantitative estimate of drug-likeness (QED) is 0.117. The maximum absolute atomic E-state index is 7.27. The zero-order valence-corrected chi connectivity index (χ0v) is 32.2. The van der Waals surface area contributed by atoms with E-state index < -0.39 is 8.07 Å². The van der Waals surface area contributed by atoms with Crippen molar-refractivity contribution < 1.29 is 4.42 Å². The van der Waals surface area contributed by atoms with Gasteiger partial charge in [-0.2, -0.15) is 0 Å². The largest absolute Gasteiger partial charge is 0.455 e. The lowest BCUT2D eigenvalue weighted by Gasteiger charge is -2.34. The van der Waals surface area contributed by atoms with Crippen LogP contribution in [-0.4, -0.2) is 12.6 Å². The minimum atomic E-state index is -2.84. The molecule has 0 aliphatic heterocycles. The van der Waals surface area contributed by atoms with Crippen LogP contribution in [0.15, 0.2) is 229 Å². The van der Waals surface area contributed by atoms with Crippen molar-refractivity contribution in [1.82, 2.24) is 4.57 Å². The zero-order valence-electron chi connectivity index (χ0n) is 31.2. The Balaban J connectivity index is 1.09. The Morgan fingerprint density at radius 2 is 0.789 bits per heavy atom. The van der Waals surface area contributed by atoms with Crippen LogP contribution in [0.1, 0.15) is 0 Å². The number of fused-ring (bicyclic) bond motifs is 6. The van der Waals surface area contributed by atoms with E-state index in [2.05, 4.69) is 229 Å². The lowest BCUT2D eigenvalue weighted by atomic mass is 9.97. The van der Waals surface area contributed by atoms with Gasteiger partial charge >= 0.3 is 0 Å². The second kappa shape index (κ2) is 13.5. The summed E-state index contributed by atoms with van der Waals surface area (Å²) in [5.74, 6) is 0.